The van der Waals surface area contributed by atoms with Crippen LogP contribution < -0.4 is 5.32 Å². The third kappa shape index (κ3) is 5.46. The van der Waals surface area contributed by atoms with Gasteiger partial charge in [-0.25, -0.2) is 4.79 Å². The Kier molecular flexibility index (Phi) is 7.14. The lowest BCUT2D eigenvalue weighted by atomic mass is 9.66. The fourth-order valence-corrected chi connectivity index (χ4v) is 4.04. The smallest absolute Gasteiger partial charge is 0.408 e. The molecule has 0 aliphatic carbocycles. The lowest BCUT2D eigenvalue weighted by Gasteiger charge is -2.51. The van der Waals surface area contributed by atoms with Gasteiger partial charge in [-0.3, -0.25) is 4.79 Å². The number of carbonyl (C=O) groups is 2. The highest BCUT2D eigenvalue weighted by molar-refractivity contribution is 6.30. The molecule has 2 amide bonds. The zero-order valence-corrected chi connectivity index (χ0v) is 19.8. The lowest BCUT2D eigenvalue weighted by molar-refractivity contribution is -0.155. The molecule has 1 aliphatic heterocycles. The van der Waals surface area contributed by atoms with Gasteiger partial charge in [0.15, 0.2) is 0 Å². The van der Waals surface area contributed by atoms with Crippen molar-refractivity contribution in [2.45, 2.75) is 72.1 Å². The second kappa shape index (κ2) is 8.75. The van der Waals surface area contributed by atoms with Crippen LogP contribution in [0.25, 0.3) is 0 Å². The first-order valence-corrected chi connectivity index (χ1v) is 10.8. The minimum absolute atomic E-state index is 0.106. The molecule has 1 heterocycles. The van der Waals surface area contributed by atoms with Gasteiger partial charge in [0.2, 0.25) is 5.91 Å². The van der Waals surface area contributed by atoms with Crippen LogP contribution in [0.4, 0.5) is 4.79 Å². The second-order valence-electron chi connectivity index (χ2n) is 10.1. The van der Waals surface area contributed by atoms with E-state index in [1.54, 1.807) is 37.8 Å². The van der Waals surface area contributed by atoms with E-state index in [0.29, 0.717) is 24.5 Å². The summed E-state index contributed by atoms with van der Waals surface area (Å²) in [5.41, 5.74) is -1.53. The van der Waals surface area contributed by atoms with Crippen LogP contribution in [0.5, 0.6) is 0 Å². The van der Waals surface area contributed by atoms with E-state index in [0.717, 1.165) is 5.56 Å². The fourth-order valence-electron chi connectivity index (χ4n) is 3.92. The first-order chi connectivity index (χ1) is 13.7. The summed E-state index contributed by atoms with van der Waals surface area (Å²) in [6, 6.07) is 6.51. The molecule has 1 saturated heterocycles. The van der Waals surface area contributed by atoms with E-state index in [9.17, 15) is 14.7 Å². The van der Waals surface area contributed by atoms with Gasteiger partial charge >= 0.3 is 6.09 Å². The summed E-state index contributed by atoms with van der Waals surface area (Å²) in [7, 11) is 0. The molecule has 2 unspecified atom stereocenters. The highest BCUT2D eigenvalue weighted by atomic mass is 35.5. The number of alkyl carbamates (subject to hydrolysis) is 1. The molecular weight excluding hydrogens is 404 g/mol. The van der Waals surface area contributed by atoms with Crippen LogP contribution in [0.3, 0.4) is 0 Å². The Labute approximate surface area is 184 Å². The maximum atomic E-state index is 13.3. The summed E-state index contributed by atoms with van der Waals surface area (Å²) in [5.74, 6) is -0.271. The zero-order chi connectivity index (χ0) is 22.9. The zero-order valence-electron chi connectivity index (χ0n) is 19.1. The Morgan fingerprint density at radius 3 is 2.23 bits per heavy atom. The number of likely N-dealkylation sites (tertiary alicyclic amines) is 1. The highest BCUT2D eigenvalue weighted by Gasteiger charge is 2.50. The van der Waals surface area contributed by atoms with Crippen LogP contribution in [-0.2, 0) is 15.1 Å². The summed E-state index contributed by atoms with van der Waals surface area (Å²) in [4.78, 5) is 27.3. The van der Waals surface area contributed by atoms with Crippen molar-refractivity contribution in [1.29, 1.82) is 0 Å². The quantitative estimate of drug-likeness (QED) is 0.733. The molecule has 2 atom stereocenters. The molecule has 2 rings (SSSR count). The van der Waals surface area contributed by atoms with Crippen molar-refractivity contribution in [2.24, 2.45) is 11.3 Å². The molecule has 0 radical (unpaired) electrons. The van der Waals surface area contributed by atoms with Gasteiger partial charge in [0, 0.05) is 23.5 Å². The highest BCUT2D eigenvalue weighted by Crippen LogP contribution is 2.46. The van der Waals surface area contributed by atoms with Crippen LogP contribution in [0.1, 0.15) is 60.5 Å². The molecule has 1 aliphatic rings. The molecule has 168 valence electrons. The number of ether oxygens (including phenoxy) is 1. The van der Waals surface area contributed by atoms with Crippen LogP contribution in [0.15, 0.2) is 24.3 Å². The van der Waals surface area contributed by atoms with E-state index in [-0.39, 0.29) is 11.8 Å². The Morgan fingerprint density at radius 2 is 1.77 bits per heavy atom. The number of hydrogen-bond acceptors (Lipinski definition) is 4. The van der Waals surface area contributed by atoms with E-state index in [2.05, 4.69) is 5.32 Å². The third-order valence-corrected chi connectivity index (χ3v) is 5.94. The van der Waals surface area contributed by atoms with E-state index in [4.69, 9.17) is 16.3 Å². The van der Waals surface area contributed by atoms with Crippen molar-refractivity contribution in [3.8, 4) is 0 Å². The molecule has 2 N–H and O–H groups in total. The summed E-state index contributed by atoms with van der Waals surface area (Å²) < 4.78 is 5.33. The molecule has 0 spiro atoms. The molecule has 0 aromatic heterocycles. The number of hydrogen-bond donors (Lipinski definition) is 2. The molecule has 1 fully saturated rings. The monoisotopic (exact) mass is 438 g/mol. The van der Waals surface area contributed by atoms with E-state index < -0.39 is 28.8 Å². The molecule has 1 aromatic carbocycles. The van der Waals surface area contributed by atoms with Crippen molar-refractivity contribution >= 4 is 23.6 Å². The van der Waals surface area contributed by atoms with Gasteiger partial charge in [-0.15, -0.1) is 0 Å². The van der Waals surface area contributed by atoms with Gasteiger partial charge in [0.05, 0.1) is 5.60 Å². The molecule has 1 aromatic rings. The number of piperidine rings is 1. The Balaban J connectivity index is 2.17. The minimum atomic E-state index is -1.08. The first kappa shape index (κ1) is 24.5. The summed E-state index contributed by atoms with van der Waals surface area (Å²) in [6.45, 7) is 13.8. The van der Waals surface area contributed by atoms with Gasteiger partial charge in [-0.1, -0.05) is 51.4 Å². The molecular formula is C23H35ClN2O4. The van der Waals surface area contributed by atoms with E-state index in [1.165, 1.54) is 0 Å². The maximum absolute atomic E-state index is 13.3. The van der Waals surface area contributed by atoms with Gasteiger partial charge in [0.1, 0.15) is 11.6 Å². The van der Waals surface area contributed by atoms with Gasteiger partial charge in [-0.2, -0.15) is 0 Å². The summed E-state index contributed by atoms with van der Waals surface area (Å²) in [6.07, 6.45) is -0.214. The standard InChI is InChI=1S/C23H35ClN2O4/c1-15(2)18(25-20(28)30-21(3,4)5)19(27)26-13-12-23(29,22(6,7)14-26)16-8-10-17(24)11-9-16/h8-11,15,18,29H,12-14H2,1-7H3,(H,25,28). The number of amides is 2. The minimum Gasteiger partial charge on any atom is -0.444 e. The number of nitrogens with zero attached hydrogens (tertiary/aromatic N) is 1. The Hall–Kier alpha value is -1.79. The van der Waals surface area contributed by atoms with Crippen LogP contribution in [-0.4, -0.2) is 46.7 Å². The number of aliphatic hydroxyl groups is 1. The third-order valence-electron chi connectivity index (χ3n) is 5.69. The van der Waals surface area contributed by atoms with Crippen LogP contribution in [0, 0.1) is 11.3 Å². The summed E-state index contributed by atoms with van der Waals surface area (Å²) >= 11 is 6.00. The average Bonchev–Trinajstić information content (AvgIpc) is 2.60. The predicted octanol–water partition coefficient (Wildman–Crippen LogP) is 4.34. The van der Waals surface area contributed by atoms with Gasteiger partial charge in [-0.05, 0) is 50.8 Å². The number of halogens is 1. The van der Waals surface area contributed by atoms with Crippen molar-refractivity contribution in [2.75, 3.05) is 13.1 Å². The topological polar surface area (TPSA) is 78.9 Å². The van der Waals surface area contributed by atoms with Gasteiger partial charge < -0.3 is 20.1 Å². The largest absolute Gasteiger partial charge is 0.444 e. The predicted molar refractivity (Wildman–Crippen MR) is 118 cm³/mol. The number of carbonyl (C=O) groups excluding carboxylic acids is 2. The Bertz CT molecular complexity index is 770. The van der Waals surface area contributed by atoms with E-state index >= 15 is 0 Å². The second-order valence-corrected chi connectivity index (χ2v) is 10.6. The van der Waals surface area contributed by atoms with Crippen molar-refractivity contribution in [3.05, 3.63) is 34.9 Å². The fraction of sp³-hybridized carbons (Fsp3) is 0.652. The SMILES string of the molecule is CC(C)C(NC(=O)OC(C)(C)C)C(=O)N1CCC(O)(c2ccc(Cl)cc2)C(C)(C)C1. The van der Waals surface area contributed by atoms with Crippen LogP contribution >= 0.6 is 11.6 Å². The molecule has 0 bridgehead atoms. The van der Waals surface area contributed by atoms with Crippen molar-refractivity contribution < 1.29 is 19.4 Å². The summed E-state index contributed by atoms with van der Waals surface area (Å²) in [5, 5.41) is 14.8. The Morgan fingerprint density at radius 1 is 1.20 bits per heavy atom. The lowest BCUT2D eigenvalue weighted by Crippen LogP contribution is -2.60. The number of benzene rings is 1. The van der Waals surface area contributed by atoms with E-state index in [1.807, 2.05) is 39.8 Å². The number of rotatable bonds is 4. The molecule has 7 heteroatoms. The molecule has 30 heavy (non-hydrogen) atoms. The normalized spacial score (nSPS) is 22.5. The van der Waals surface area contributed by atoms with Gasteiger partial charge in [0.25, 0.3) is 0 Å². The average molecular weight is 439 g/mol. The maximum Gasteiger partial charge on any atom is 0.408 e. The number of nitrogens with one attached hydrogen (secondary N) is 1. The van der Waals surface area contributed by atoms with Crippen molar-refractivity contribution in [3.63, 3.8) is 0 Å². The molecule has 0 saturated carbocycles. The molecule has 6 nitrogen and oxygen atoms in total. The van der Waals surface area contributed by atoms with Crippen molar-refractivity contribution in [1.82, 2.24) is 10.2 Å². The first-order valence-electron chi connectivity index (χ1n) is 10.4. The van der Waals surface area contributed by atoms with Crippen LogP contribution in [0.2, 0.25) is 5.02 Å².